The smallest absolute Gasteiger partial charge is 0.0681 e. The topological polar surface area (TPSA) is 32.3 Å². The summed E-state index contributed by atoms with van der Waals surface area (Å²) in [5.41, 5.74) is 2.09. The van der Waals surface area contributed by atoms with E-state index < -0.39 is 0 Å². The molecule has 0 saturated carbocycles. The molecule has 1 aromatic carbocycles. The number of rotatable bonds is 5. The average Bonchev–Trinajstić information content (AvgIpc) is 2.18. The summed E-state index contributed by atoms with van der Waals surface area (Å²) in [4.78, 5) is 0. The summed E-state index contributed by atoms with van der Waals surface area (Å²) in [6, 6.07) is 7.78. The van der Waals surface area contributed by atoms with E-state index in [9.17, 15) is 0 Å². The third-order valence-electron chi connectivity index (χ3n) is 1.85. The molecule has 0 atom stereocenters. The average molecular weight is 212 g/mol. The summed E-state index contributed by atoms with van der Waals surface area (Å²) in [7, 11) is 0. The minimum Gasteiger partial charge on any atom is -0.392 e. The van der Waals surface area contributed by atoms with Crippen LogP contribution >= 0.6 is 11.6 Å². The predicted molar refractivity (Wildman–Crippen MR) is 59.1 cm³/mol. The molecule has 0 fully saturated rings. The molecule has 1 rings (SSSR count). The van der Waals surface area contributed by atoms with Crippen molar-refractivity contribution in [2.75, 3.05) is 6.54 Å². The van der Waals surface area contributed by atoms with Crippen molar-refractivity contribution in [3.8, 4) is 0 Å². The Morgan fingerprint density at radius 3 is 2.36 bits per heavy atom. The van der Waals surface area contributed by atoms with Crippen LogP contribution in [0.2, 0.25) is 0 Å². The van der Waals surface area contributed by atoms with Gasteiger partial charge in [-0.05, 0) is 11.1 Å². The fourth-order valence-electron chi connectivity index (χ4n) is 1.10. The Bertz CT molecular complexity index is 295. The Morgan fingerprint density at radius 2 is 1.86 bits per heavy atom. The number of nitrogens with one attached hydrogen (secondary N) is 1. The van der Waals surface area contributed by atoms with Gasteiger partial charge in [0.05, 0.1) is 6.61 Å². The highest BCUT2D eigenvalue weighted by Gasteiger charge is 1.94. The fraction of sp³-hybridized carbons (Fsp3) is 0.273. The van der Waals surface area contributed by atoms with Crippen molar-refractivity contribution in [3.05, 3.63) is 47.0 Å². The Hall–Kier alpha value is -0.830. The molecule has 2 nitrogen and oxygen atoms in total. The van der Waals surface area contributed by atoms with Gasteiger partial charge in [0.1, 0.15) is 0 Å². The van der Waals surface area contributed by atoms with Crippen LogP contribution in [0.1, 0.15) is 11.1 Å². The molecule has 0 aromatic heterocycles. The second-order valence-corrected chi connectivity index (χ2v) is 3.63. The van der Waals surface area contributed by atoms with E-state index in [0.717, 1.165) is 12.1 Å². The molecule has 0 aliphatic heterocycles. The van der Waals surface area contributed by atoms with Crippen LogP contribution in [0.5, 0.6) is 0 Å². The third-order valence-corrected chi connectivity index (χ3v) is 1.99. The molecule has 0 radical (unpaired) electrons. The number of halogens is 1. The lowest BCUT2D eigenvalue weighted by molar-refractivity contribution is 0.282. The largest absolute Gasteiger partial charge is 0.392 e. The van der Waals surface area contributed by atoms with Crippen molar-refractivity contribution >= 4 is 11.6 Å². The third kappa shape index (κ3) is 3.92. The number of aliphatic hydroxyl groups excluding tert-OH is 1. The fourth-order valence-corrected chi connectivity index (χ4v) is 1.20. The molecule has 0 aliphatic carbocycles. The van der Waals surface area contributed by atoms with E-state index in [1.807, 2.05) is 24.3 Å². The Morgan fingerprint density at radius 1 is 1.29 bits per heavy atom. The molecule has 0 heterocycles. The number of aliphatic hydroxyl groups is 1. The van der Waals surface area contributed by atoms with E-state index in [1.165, 1.54) is 5.56 Å². The molecule has 1 aromatic rings. The molecule has 0 spiro atoms. The van der Waals surface area contributed by atoms with Crippen LogP contribution in [0.15, 0.2) is 35.9 Å². The highest BCUT2D eigenvalue weighted by molar-refractivity contribution is 6.29. The molecule has 3 heteroatoms. The molecule has 0 saturated heterocycles. The maximum Gasteiger partial charge on any atom is 0.0681 e. The van der Waals surface area contributed by atoms with E-state index in [1.54, 1.807) is 0 Å². The Labute approximate surface area is 89.2 Å². The zero-order chi connectivity index (χ0) is 10.4. The van der Waals surface area contributed by atoms with Crippen LogP contribution in [-0.2, 0) is 13.2 Å². The molecule has 0 amide bonds. The van der Waals surface area contributed by atoms with Crippen LogP contribution in [0.25, 0.3) is 0 Å². The first kappa shape index (κ1) is 11.2. The first-order chi connectivity index (χ1) is 6.72. The SMILES string of the molecule is C=C(Cl)CNCc1ccc(CO)cc1. The first-order valence-electron chi connectivity index (χ1n) is 4.45. The van der Waals surface area contributed by atoms with E-state index in [0.29, 0.717) is 11.6 Å². The maximum absolute atomic E-state index is 8.83. The van der Waals surface area contributed by atoms with Crippen LogP contribution in [0.4, 0.5) is 0 Å². The number of hydrogen-bond donors (Lipinski definition) is 2. The maximum atomic E-state index is 8.83. The summed E-state index contributed by atoms with van der Waals surface area (Å²) in [6.45, 7) is 5.05. The quantitative estimate of drug-likeness (QED) is 0.781. The molecule has 0 unspecified atom stereocenters. The zero-order valence-corrected chi connectivity index (χ0v) is 8.72. The lowest BCUT2D eigenvalue weighted by Gasteiger charge is -2.04. The van der Waals surface area contributed by atoms with Gasteiger partial charge < -0.3 is 10.4 Å². The van der Waals surface area contributed by atoms with E-state index in [-0.39, 0.29) is 6.61 Å². The van der Waals surface area contributed by atoms with Crippen molar-refractivity contribution in [1.29, 1.82) is 0 Å². The molecular formula is C11H14ClNO. The molecular weight excluding hydrogens is 198 g/mol. The summed E-state index contributed by atoms with van der Waals surface area (Å²) in [6.07, 6.45) is 0. The minimum atomic E-state index is 0.0895. The van der Waals surface area contributed by atoms with Crippen LogP contribution in [0.3, 0.4) is 0 Å². The monoisotopic (exact) mass is 211 g/mol. The van der Waals surface area contributed by atoms with Gasteiger partial charge in [-0.3, -0.25) is 0 Å². The molecule has 2 N–H and O–H groups in total. The standard InChI is InChI=1S/C11H14ClNO/c1-9(12)6-13-7-10-2-4-11(8-14)5-3-10/h2-5,13-14H,1,6-8H2. The molecule has 0 bridgehead atoms. The highest BCUT2D eigenvalue weighted by Crippen LogP contribution is 2.04. The van der Waals surface area contributed by atoms with E-state index in [2.05, 4.69) is 11.9 Å². The Balaban J connectivity index is 2.40. The van der Waals surface area contributed by atoms with Crippen molar-refractivity contribution < 1.29 is 5.11 Å². The van der Waals surface area contributed by atoms with E-state index >= 15 is 0 Å². The van der Waals surface area contributed by atoms with Crippen molar-refractivity contribution in [2.24, 2.45) is 0 Å². The summed E-state index contributed by atoms with van der Waals surface area (Å²) >= 11 is 5.60. The van der Waals surface area contributed by atoms with Crippen molar-refractivity contribution in [1.82, 2.24) is 5.32 Å². The molecule has 14 heavy (non-hydrogen) atoms. The number of hydrogen-bond acceptors (Lipinski definition) is 2. The molecule has 76 valence electrons. The second kappa shape index (κ2) is 5.81. The van der Waals surface area contributed by atoms with Crippen molar-refractivity contribution in [2.45, 2.75) is 13.2 Å². The van der Waals surface area contributed by atoms with Gasteiger partial charge in [0.2, 0.25) is 0 Å². The van der Waals surface area contributed by atoms with Crippen LogP contribution in [0, 0.1) is 0 Å². The van der Waals surface area contributed by atoms with E-state index in [4.69, 9.17) is 16.7 Å². The lowest BCUT2D eigenvalue weighted by atomic mass is 10.1. The summed E-state index contributed by atoms with van der Waals surface area (Å²) in [5.74, 6) is 0. The van der Waals surface area contributed by atoms with Crippen LogP contribution < -0.4 is 5.32 Å². The summed E-state index contributed by atoms with van der Waals surface area (Å²) < 4.78 is 0. The van der Waals surface area contributed by atoms with Gasteiger partial charge in [-0.1, -0.05) is 42.4 Å². The lowest BCUT2D eigenvalue weighted by Crippen LogP contribution is -2.14. The van der Waals surface area contributed by atoms with Gasteiger partial charge in [-0.25, -0.2) is 0 Å². The van der Waals surface area contributed by atoms with Gasteiger partial charge in [0, 0.05) is 18.1 Å². The van der Waals surface area contributed by atoms with Crippen molar-refractivity contribution in [3.63, 3.8) is 0 Å². The van der Waals surface area contributed by atoms with Gasteiger partial charge in [0.15, 0.2) is 0 Å². The Kier molecular flexibility index (Phi) is 4.66. The normalized spacial score (nSPS) is 10.1. The zero-order valence-electron chi connectivity index (χ0n) is 7.96. The number of benzene rings is 1. The van der Waals surface area contributed by atoms with Gasteiger partial charge in [0.25, 0.3) is 0 Å². The van der Waals surface area contributed by atoms with Gasteiger partial charge in [-0.15, -0.1) is 0 Å². The van der Waals surface area contributed by atoms with Gasteiger partial charge in [-0.2, -0.15) is 0 Å². The second-order valence-electron chi connectivity index (χ2n) is 3.10. The van der Waals surface area contributed by atoms with Gasteiger partial charge >= 0.3 is 0 Å². The summed E-state index contributed by atoms with van der Waals surface area (Å²) in [5, 5.41) is 12.6. The van der Waals surface area contributed by atoms with Crippen LogP contribution in [-0.4, -0.2) is 11.7 Å². The highest BCUT2D eigenvalue weighted by atomic mass is 35.5. The molecule has 0 aliphatic rings. The minimum absolute atomic E-state index is 0.0895. The predicted octanol–water partition coefficient (Wildman–Crippen LogP) is 2.02. The first-order valence-corrected chi connectivity index (χ1v) is 4.83.